The second-order valence-corrected chi connectivity index (χ2v) is 5.89. The van der Waals surface area contributed by atoms with Gasteiger partial charge in [-0.25, -0.2) is 9.97 Å². The first-order chi connectivity index (χ1) is 10.1. The summed E-state index contributed by atoms with van der Waals surface area (Å²) in [4.78, 5) is 8.59. The molecule has 0 aromatic carbocycles. The molecule has 6 heteroatoms. The highest BCUT2D eigenvalue weighted by atomic mass is 35.5. The lowest BCUT2D eigenvalue weighted by Gasteiger charge is -2.40. The summed E-state index contributed by atoms with van der Waals surface area (Å²) in [6.07, 6.45) is 4.02. The van der Waals surface area contributed by atoms with Gasteiger partial charge in [0.2, 0.25) is 0 Å². The van der Waals surface area contributed by atoms with Crippen molar-refractivity contribution < 1.29 is 9.47 Å². The summed E-state index contributed by atoms with van der Waals surface area (Å²) in [5.41, 5.74) is -0.0118. The molecule has 0 aliphatic carbocycles. The van der Waals surface area contributed by atoms with Gasteiger partial charge in [0, 0.05) is 25.8 Å². The molecule has 118 valence electrons. The lowest BCUT2D eigenvalue weighted by molar-refractivity contribution is -0.0864. The van der Waals surface area contributed by atoms with Crippen LogP contribution in [0.3, 0.4) is 0 Å². The number of nitrogens with one attached hydrogen (secondary N) is 1. The molecule has 0 radical (unpaired) electrons. The van der Waals surface area contributed by atoms with E-state index < -0.39 is 0 Å². The summed E-state index contributed by atoms with van der Waals surface area (Å²) < 4.78 is 11.1. The van der Waals surface area contributed by atoms with Crippen LogP contribution in [0, 0.1) is 0 Å². The fraction of sp³-hybridized carbons (Fsp3) is 0.733. The van der Waals surface area contributed by atoms with Gasteiger partial charge in [0.1, 0.15) is 17.6 Å². The van der Waals surface area contributed by atoms with E-state index in [0.717, 1.165) is 38.1 Å². The van der Waals surface area contributed by atoms with E-state index in [0.29, 0.717) is 23.6 Å². The van der Waals surface area contributed by atoms with Crippen LogP contribution in [0.4, 0.5) is 5.82 Å². The minimum Gasteiger partial charge on any atom is -0.377 e. The molecule has 1 unspecified atom stereocenters. The van der Waals surface area contributed by atoms with Crippen LogP contribution < -0.4 is 5.32 Å². The van der Waals surface area contributed by atoms with E-state index in [2.05, 4.69) is 29.1 Å². The maximum absolute atomic E-state index is 6.04. The van der Waals surface area contributed by atoms with Crippen molar-refractivity contribution in [1.82, 2.24) is 9.97 Å². The second-order valence-electron chi connectivity index (χ2n) is 5.50. The SMILES string of the molecule is CCC1(CC)CC(Nc2cc(Cl)nc(COC)n2)CCO1. The topological polar surface area (TPSA) is 56.3 Å². The third-order valence-electron chi connectivity index (χ3n) is 4.15. The van der Waals surface area contributed by atoms with Crippen molar-refractivity contribution in [1.29, 1.82) is 0 Å². The fourth-order valence-electron chi connectivity index (χ4n) is 2.84. The van der Waals surface area contributed by atoms with Crippen molar-refractivity contribution in [3.8, 4) is 0 Å². The average molecular weight is 314 g/mol. The summed E-state index contributed by atoms with van der Waals surface area (Å²) in [6.45, 7) is 5.51. The van der Waals surface area contributed by atoms with Gasteiger partial charge in [0.15, 0.2) is 5.82 Å². The molecule has 0 spiro atoms. The van der Waals surface area contributed by atoms with E-state index in [9.17, 15) is 0 Å². The number of rotatable bonds is 6. The van der Waals surface area contributed by atoms with Crippen molar-refractivity contribution in [2.75, 3.05) is 19.0 Å². The predicted octanol–water partition coefficient (Wildman–Crippen LogP) is 3.43. The van der Waals surface area contributed by atoms with Gasteiger partial charge < -0.3 is 14.8 Å². The summed E-state index contributed by atoms with van der Waals surface area (Å²) in [5.74, 6) is 1.35. The van der Waals surface area contributed by atoms with Crippen LogP contribution in [0.15, 0.2) is 6.07 Å². The number of aromatic nitrogens is 2. The fourth-order valence-corrected chi connectivity index (χ4v) is 3.04. The normalized spacial score (nSPS) is 21.2. The van der Waals surface area contributed by atoms with E-state index in [-0.39, 0.29) is 5.60 Å². The zero-order chi connectivity index (χ0) is 15.3. The number of nitrogens with zero attached hydrogens (tertiary/aromatic N) is 2. The molecule has 0 bridgehead atoms. The van der Waals surface area contributed by atoms with Gasteiger partial charge in [-0.3, -0.25) is 0 Å². The van der Waals surface area contributed by atoms with Gasteiger partial charge in [-0.2, -0.15) is 0 Å². The van der Waals surface area contributed by atoms with Gasteiger partial charge in [-0.15, -0.1) is 0 Å². The van der Waals surface area contributed by atoms with Crippen LogP contribution in [0.25, 0.3) is 0 Å². The van der Waals surface area contributed by atoms with Crippen LogP contribution in [0.5, 0.6) is 0 Å². The number of ether oxygens (including phenoxy) is 2. The minimum absolute atomic E-state index is 0.0118. The van der Waals surface area contributed by atoms with Crippen molar-refractivity contribution in [2.24, 2.45) is 0 Å². The molecule has 0 amide bonds. The Bertz CT molecular complexity index is 466. The number of hydrogen-bond donors (Lipinski definition) is 1. The molecule has 21 heavy (non-hydrogen) atoms. The Balaban J connectivity index is 2.07. The molecule has 1 fully saturated rings. The Kier molecular flexibility index (Phi) is 5.79. The van der Waals surface area contributed by atoms with E-state index in [1.165, 1.54) is 0 Å². The number of halogens is 1. The smallest absolute Gasteiger partial charge is 0.158 e. The van der Waals surface area contributed by atoms with Crippen molar-refractivity contribution in [3.05, 3.63) is 17.0 Å². The summed E-state index contributed by atoms with van der Waals surface area (Å²) in [5, 5.41) is 3.91. The van der Waals surface area contributed by atoms with E-state index in [4.69, 9.17) is 21.1 Å². The molecule has 1 atom stereocenters. The first-order valence-electron chi connectivity index (χ1n) is 7.53. The van der Waals surface area contributed by atoms with Crippen LogP contribution in [-0.4, -0.2) is 35.3 Å². The molecular formula is C15H24ClN3O2. The lowest BCUT2D eigenvalue weighted by atomic mass is 9.86. The Morgan fingerprint density at radius 1 is 1.43 bits per heavy atom. The molecule has 2 heterocycles. The molecule has 5 nitrogen and oxygen atoms in total. The van der Waals surface area contributed by atoms with Crippen molar-refractivity contribution in [3.63, 3.8) is 0 Å². The van der Waals surface area contributed by atoms with Gasteiger partial charge in [-0.1, -0.05) is 25.4 Å². The Morgan fingerprint density at radius 3 is 2.86 bits per heavy atom. The molecule has 1 aliphatic heterocycles. The highest BCUT2D eigenvalue weighted by Gasteiger charge is 2.34. The van der Waals surface area contributed by atoms with Crippen molar-refractivity contribution in [2.45, 2.75) is 57.8 Å². The van der Waals surface area contributed by atoms with E-state index >= 15 is 0 Å². The van der Waals surface area contributed by atoms with Crippen LogP contribution in [0.1, 0.15) is 45.4 Å². The Labute approximate surface area is 131 Å². The number of methoxy groups -OCH3 is 1. The minimum atomic E-state index is -0.0118. The standard InChI is InChI=1S/C15H24ClN3O2/c1-4-15(5-2)9-11(6-7-21-15)17-13-8-12(16)18-14(19-13)10-20-3/h8,11H,4-7,9-10H2,1-3H3,(H,17,18,19). The molecule has 1 aromatic heterocycles. The molecule has 1 N–H and O–H groups in total. The molecule has 1 aromatic rings. The summed E-state index contributed by atoms with van der Waals surface area (Å²) in [7, 11) is 1.62. The molecule has 1 saturated heterocycles. The number of hydrogen-bond acceptors (Lipinski definition) is 5. The van der Waals surface area contributed by atoms with Gasteiger partial charge in [-0.05, 0) is 25.7 Å². The maximum Gasteiger partial charge on any atom is 0.158 e. The number of anilines is 1. The third kappa shape index (κ3) is 4.28. The summed E-state index contributed by atoms with van der Waals surface area (Å²) in [6, 6.07) is 2.11. The second kappa shape index (κ2) is 7.38. The van der Waals surface area contributed by atoms with Crippen LogP contribution in [-0.2, 0) is 16.1 Å². The highest BCUT2D eigenvalue weighted by Crippen LogP contribution is 2.32. The zero-order valence-corrected chi connectivity index (χ0v) is 13.7. The quantitative estimate of drug-likeness (QED) is 0.815. The molecular weight excluding hydrogens is 290 g/mol. The first kappa shape index (κ1) is 16.5. The van der Waals surface area contributed by atoms with Gasteiger partial charge >= 0.3 is 0 Å². The molecule has 1 aliphatic rings. The van der Waals surface area contributed by atoms with E-state index in [1.807, 2.05) is 0 Å². The Morgan fingerprint density at radius 2 is 2.19 bits per heavy atom. The van der Waals surface area contributed by atoms with Crippen LogP contribution in [0.2, 0.25) is 5.15 Å². The molecule has 0 saturated carbocycles. The van der Waals surface area contributed by atoms with E-state index in [1.54, 1.807) is 13.2 Å². The molecule has 2 rings (SSSR count). The third-order valence-corrected chi connectivity index (χ3v) is 4.34. The zero-order valence-electron chi connectivity index (χ0n) is 13.0. The Hall–Kier alpha value is -0.910. The summed E-state index contributed by atoms with van der Waals surface area (Å²) >= 11 is 6.04. The average Bonchev–Trinajstić information content (AvgIpc) is 2.47. The first-order valence-corrected chi connectivity index (χ1v) is 7.91. The monoisotopic (exact) mass is 313 g/mol. The lowest BCUT2D eigenvalue weighted by Crippen LogP contribution is -2.43. The van der Waals surface area contributed by atoms with Crippen LogP contribution >= 0.6 is 11.6 Å². The highest BCUT2D eigenvalue weighted by molar-refractivity contribution is 6.29. The van der Waals surface area contributed by atoms with Gasteiger partial charge in [0.05, 0.1) is 5.60 Å². The predicted molar refractivity (Wildman–Crippen MR) is 83.7 cm³/mol. The maximum atomic E-state index is 6.04. The van der Waals surface area contributed by atoms with Crippen molar-refractivity contribution >= 4 is 17.4 Å². The van der Waals surface area contributed by atoms with Gasteiger partial charge in [0.25, 0.3) is 0 Å². The largest absolute Gasteiger partial charge is 0.377 e.